The Kier molecular flexibility index (Phi) is 7.74. The number of rotatable bonds is 8. The molecule has 0 aromatic rings. The molecule has 0 radical (unpaired) electrons. The Hall–Kier alpha value is -0.0400. The predicted molar refractivity (Wildman–Crippen MR) is 95.7 cm³/mol. The average molecular weight is 296 g/mol. The van der Waals surface area contributed by atoms with E-state index in [1.165, 1.54) is 64.3 Å². The van der Waals surface area contributed by atoms with E-state index < -0.39 is 0 Å². The van der Waals surface area contributed by atoms with Gasteiger partial charge >= 0.3 is 0 Å². The molecule has 1 saturated carbocycles. The van der Waals surface area contributed by atoms with Gasteiger partial charge in [0.1, 0.15) is 0 Å². The van der Waals surface area contributed by atoms with Crippen molar-refractivity contribution in [3.63, 3.8) is 0 Å². The molecule has 0 aliphatic heterocycles. The molecule has 21 heavy (non-hydrogen) atoms. The molecule has 0 unspecified atom stereocenters. The van der Waals surface area contributed by atoms with Crippen molar-refractivity contribution in [3.8, 4) is 0 Å². The van der Waals surface area contributed by atoms with E-state index in [4.69, 9.17) is 0 Å². The van der Waals surface area contributed by atoms with Crippen LogP contribution in [0.5, 0.6) is 0 Å². The summed E-state index contributed by atoms with van der Waals surface area (Å²) in [6.45, 7) is 15.4. The Labute approximate surface area is 134 Å². The van der Waals surface area contributed by atoms with Gasteiger partial charge in [0, 0.05) is 12.6 Å². The summed E-state index contributed by atoms with van der Waals surface area (Å²) in [6, 6.07) is 0.623. The van der Waals surface area contributed by atoms with Crippen LogP contribution in [0.1, 0.15) is 99.3 Å². The van der Waals surface area contributed by atoms with Gasteiger partial charge in [-0.3, -0.25) is 0 Å². The van der Waals surface area contributed by atoms with Crippen LogP contribution >= 0.6 is 0 Å². The summed E-state index contributed by atoms with van der Waals surface area (Å²) >= 11 is 0. The summed E-state index contributed by atoms with van der Waals surface area (Å²) in [7, 11) is 0. The van der Waals surface area contributed by atoms with Crippen molar-refractivity contribution >= 4 is 0 Å². The van der Waals surface area contributed by atoms with Crippen LogP contribution in [0.25, 0.3) is 0 Å². The van der Waals surface area contributed by atoms with Gasteiger partial charge in [-0.05, 0) is 48.9 Å². The molecule has 1 N–H and O–H groups in total. The van der Waals surface area contributed by atoms with Crippen LogP contribution in [0.2, 0.25) is 0 Å². The highest BCUT2D eigenvalue weighted by Gasteiger charge is 2.38. The third kappa shape index (κ3) is 6.72. The van der Waals surface area contributed by atoms with Gasteiger partial charge in [-0.2, -0.15) is 0 Å². The summed E-state index contributed by atoms with van der Waals surface area (Å²) in [5, 5.41) is 3.75. The van der Waals surface area contributed by atoms with Crippen molar-refractivity contribution in [2.75, 3.05) is 6.54 Å². The highest BCUT2D eigenvalue weighted by molar-refractivity contribution is 4.90. The molecule has 126 valence electrons. The molecular formula is C20H41N. The third-order valence-corrected chi connectivity index (χ3v) is 5.72. The Balaban J connectivity index is 2.54. The second-order valence-electron chi connectivity index (χ2n) is 8.99. The smallest absolute Gasteiger partial charge is 0.00106 e. The van der Waals surface area contributed by atoms with Crippen LogP contribution in [0.15, 0.2) is 0 Å². The highest BCUT2D eigenvalue weighted by atomic mass is 14.9. The summed E-state index contributed by atoms with van der Waals surface area (Å²) in [5.74, 6) is 0.931. The molecule has 0 amide bonds. The number of hydrogen-bond donors (Lipinski definition) is 1. The zero-order chi connectivity index (χ0) is 15.9. The predicted octanol–water partition coefficient (Wildman–Crippen LogP) is 6.18. The number of unbranched alkanes of at least 4 members (excludes halogenated alkanes) is 3. The topological polar surface area (TPSA) is 12.0 Å². The first-order valence-corrected chi connectivity index (χ1v) is 9.52. The molecule has 1 rings (SSSR count). The zero-order valence-corrected chi connectivity index (χ0v) is 15.7. The van der Waals surface area contributed by atoms with Crippen LogP contribution in [0.3, 0.4) is 0 Å². The molecular weight excluding hydrogens is 254 g/mol. The minimum Gasteiger partial charge on any atom is -0.314 e. The number of hydrogen-bond acceptors (Lipinski definition) is 1. The van der Waals surface area contributed by atoms with Gasteiger partial charge in [0.15, 0.2) is 0 Å². The first-order valence-electron chi connectivity index (χ1n) is 9.52. The van der Waals surface area contributed by atoms with Gasteiger partial charge < -0.3 is 5.32 Å². The molecule has 1 aliphatic rings. The fourth-order valence-corrected chi connectivity index (χ4v) is 3.96. The third-order valence-electron chi connectivity index (χ3n) is 5.72. The maximum Gasteiger partial charge on any atom is 0.00106 e. The fourth-order valence-electron chi connectivity index (χ4n) is 3.96. The first kappa shape index (κ1) is 19.0. The summed E-state index contributed by atoms with van der Waals surface area (Å²) in [5.41, 5.74) is 1.10. The Morgan fingerprint density at radius 1 is 1.05 bits per heavy atom. The largest absolute Gasteiger partial charge is 0.314 e. The highest BCUT2D eigenvalue weighted by Crippen LogP contribution is 2.47. The summed E-state index contributed by atoms with van der Waals surface area (Å²) in [4.78, 5) is 0. The molecule has 0 saturated heterocycles. The quantitative estimate of drug-likeness (QED) is 0.527. The van der Waals surface area contributed by atoms with Crippen molar-refractivity contribution in [2.45, 2.75) is 105 Å². The Morgan fingerprint density at radius 3 is 2.14 bits per heavy atom. The van der Waals surface area contributed by atoms with Crippen LogP contribution in [0, 0.1) is 16.7 Å². The summed E-state index contributed by atoms with van der Waals surface area (Å²) < 4.78 is 0. The maximum atomic E-state index is 3.75. The maximum absolute atomic E-state index is 3.75. The Morgan fingerprint density at radius 2 is 1.67 bits per heavy atom. The van der Waals surface area contributed by atoms with Gasteiger partial charge in [0.05, 0.1) is 0 Å². The second-order valence-corrected chi connectivity index (χ2v) is 8.99. The van der Waals surface area contributed by atoms with Crippen LogP contribution < -0.4 is 5.32 Å². The minimum atomic E-state index is 0.500. The molecule has 0 spiro atoms. The second kappa shape index (κ2) is 8.56. The molecule has 1 fully saturated rings. The lowest BCUT2D eigenvalue weighted by atomic mass is 9.62. The van der Waals surface area contributed by atoms with Crippen molar-refractivity contribution in [1.29, 1.82) is 0 Å². The standard InChI is InChI=1S/C20H41N/c1-7-8-9-10-13-20(16-21-17(2)3)14-11-18(12-15-20)19(4,5)6/h17-18,21H,7-16H2,1-6H3. The van der Waals surface area contributed by atoms with Crippen LogP contribution in [-0.4, -0.2) is 12.6 Å². The lowest BCUT2D eigenvalue weighted by Crippen LogP contribution is -2.41. The summed E-state index contributed by atoms with van der Waals surface area (Å²) in [6.07, 6.45) is 12.9. The number of nitrogens with one attached hydrogen (secondary N) is 1. The molecule has 0 aromatic heterocycles. The van der Waals surface area contributed by atoms with Crippen LogP contribution in [-0.2, 0) is 0 Å². The lowest BCUT2D eigenvalue weighted by molar-refractivity contribution is 0.0760. The van der Waals surface area contributed by atoms with E-state index in [2.05, 4.69) is 46.9 Å². The first-order chi connectivity index (χ1) is 9.79. The monoisotopic (exact) mass is 295 g/mol. The van der Waals surface area contributed by atoms with E-state index in [1.54, 1.807) is 0 Å². The van der Waals surface area contributed by atoms with E-state index in [-0.39, 0.29) is 0 Å². The van der Waals surface area contributed by atoms with Crippen molar-refractivity contribution in [1.82, 2.24) is 5.32 Å². The van der Waals surface area contributed by atoms with Crippen molar-refractivity contribution < 1.29 is 0 Å². The molecule has 0 heterocycles. The van der Waals surface area contributed by atoms with Gasteiger partial charge in [0.2, 0.25) is 0 Å². The van der Waals surface area contributed by atoms with E-state index in [1.807, 2.05) is 0 Å². The molecule has 0 bridgehead atoms. The van der Waals surface area contributed by atoms with E-state index >= 15 is 0 Å². The fraction of sp³-hybridized carbons (Fsp3) is 1.00. The molecule has 1 nitrogen and oxygen atoms in total. The van der Waals surface area contributed by atoms with Gasteiger partial charge in [-0.15, -0.1) is 0 Å². The normalized spacial score (nSPS) is 27.3. The SMILES string of the molecule is CCCCCCC1(CNC(C)C)CCC(C(C)(C)C)CC1. The zero-order valence-electron chi connectivity index (χ0n) is 15.7. The van der Waals surface area contributed by atoms with Gasteiger partial charge in [-0.1, -0.05) is 67.2 Å². The van der Waals surface area contributed by atoms with Gasteiger partial charge in [0.25, 0.3) is 0 Å². The van der Waals surface area contributed by atoms with E-state index in [0.717, 1.165) is 5.92 Å². The van der Waals surface area contributed by atoms with Crippen LogP contribution in [0.4, 0.5) is 0 Å². The molecule has 1 heteroatoms. The Bertz CT molecular complexity index is 266. The minimum absolute atomic E-state index is 0.500. The molecule has 1 aliphatic carbocycles. The molecule has 0 atom stereocenters. The van der Waals surface area contributed by atoms with Gasteiger partial charge in [-0.25, -0.2) is 0 Å². The average Bonchev–Trinajstić information content (AvgIpc) is 2.41. The van der Waals surface area contributed by atoms with Crippen molar-refractivity contribution in [3.05, 3.63) is 0 Å². The van der Waals surface area contributed by atoms with Crippen molar-refractivity contribution in [2.24, 2.45) is 16.7 Å². The lowest BCUT2D eigenvalue weighted by Gasteiger charge is -2.45. The van der Waals surface area contributed by atoms with E-state index in [9.17, 15) is 0 Å². The van der Waals surface area contributed by atoms with E-state index in [0.29, 0.717) is 16.9 Å². The molecule has 0 aromatic carbocycles.